The number of nitrogens with one attached hydrogen (secondary N) is 1. The first-order valence-corrected chi connectivity index (χ1v) is 10.0. The SMILES string of the molecule is Fc1ccc(-c2cc(N3CCC(c4ncc[nH]4)CC3)c3sccc3n2)cc1. The van der Waals surface area contributed by atoms with Crippen LogP contribution in [0.4, 0.5) is 10.1 Å². The molecular formula is C21H19FN4S. The summed E-state index contributed by atoms with van der Waals surface area (Å²) in [4.78, 5) is 14.9. The van der Waals surface area contributed by atoms with E-state index in [9.17, 15) is 4.39 Å². The van der Waals surface area contributed by atoms with Crippen molar-refractivity contribution >= 4 is 27.2 Å². The normalized spacial score (nSPS) is 15.5. The van der Waals surface area contributed by atoms with Gasteiger partial charge in [-0.2, -0.15) is 0 Å². The van der Waals surface area contributed by atoms with Crippen LogP contribution in [0.2, 0.25) is 0 Å². The number of anilines is 1. The molecule has 0 spiro atoms. The molecule has 1 aromatic carbocycles. The van der Waals surface area contributed by atoms with Crippen LogP contribution in [0.15, 0.2) is 54.2 Å². The van der Waals surface area contributed by atoms with Gasteiger partial charge in [-0.05, 0) is 54.6 Å². The number of piperidine rings is 1. The van der Waals surface area contributed by atoms with Crippen LogP contribution in [0.3, 0.4) is 0 Å². The Morgan fingerprint density at radius 3 is 2.67 bits per heavy atom. The molecule has 0 radical (unpaired) electrons. The highest BCUT2D eigenvalue weighted by atomic mass is 32.1. The van der Waals surface area contributed by atoms with Crippen molar-refractivity contribution in [2.75, 3.05) is 18.0 Å². The van der Waals surface area contributed by atoms with Crippen LogP contribution < -0.4 is 4.90 Å². The van der Waals surface area contributed by atoms with E-state index in [4.69, 9.17) is 4.98 Å². The highest BCUT2D eigenvalue weighted by Crippen LogP contribution is 2.37. The Morgan fingerprint density at radius 2 is 1.93 bits per heavy atom. The standard InChI is InChI=1S/C21H19FN4S/c22-16-3-1-14(2-4-16)18-13-19(20-17(25-18)7-12-27-20)26-10-5-15(6-11-26)21-23-8-9-24-21/h1-4,7-9,12-13,15H,5-6,10-11H2,(H,23,24). The average molecular weight is 378 g/mol. The van der Waals surface area contributed by atoms with Gasteiger partial charge >= 0.3 is 0 Å². The zero-order valence-electron chi connectivity index (χ0n) is 14.7. The Bertz CT molecular complexity index is 1050. The molecule has 0 unspecified atom stereocenters. The number of benzene rings is 1. The first-order chi connectivity index (χ1) is 13.3. The van der Waals surface area contributed by atoms with Crippen molar-refractivity contribution < 1.29 is 4.39 Å². The molecule has 136 valence electrons. The van der Waals surface area contributed by atoms with Gasteiger partial charge in [0.25, 0.3) is 0 Å². The van der Waals surface area contributed by atoms with Gasteiger partial charge in [0.2, 0.25) is 0 Å². The van der Waals surface area contributed by atoms with Crippen molar-refractivity contribution in [3.8, 4) is 11.3 Å². The number of thiophene rings is 1. The monoisotopic (exact) mass is 378 g/mol. The summed E-state index contributed by atoms with van der Waals surface area (Å²) in [5.41, 5.74) is 4.07. The topological polar surface area (TPSA) is 44.8 Å². The third-order valence-electron chi connectivity index (χ3n) is 5.27. The fraction of sp³-hybridized carbons (Fsp3) is 0.238. The van der Waals surface area contributed by atoms with E-state index in [0.717, 1.165) is 48.5 Å². The molecule has 0 atom stereocenters. The van der Waals surface area contributed by atoms with Crippen LogP contribution in [-0.2, 0) is 0 Å². The molecule has 0 bridgehead atoms. The lowest BCUT2D eigenvalue weighted by atomic mass is 9.95. The first kappa shape index (κ1) is 16.4. The zero-order valence-corrected chi connectivity index (χ0v) is 15.5. The lowest BCUT2D eigenvalue weighted by Gasteiger charge is -2.33. The van der Waals surface area contributed by atoms with Gasteiger partial charge in [-0.1, -0.05) is 0 Å². The molecule has 1 fully saturated rings. The van der Waals surface area contributed by atoms with E-state index < -0.39 is 0 Å². The van der Waals surface area contributed by atoms with Crippen molar-refractivity contribution in [2.24, 2.45) is 0 Å². The minimum absolute atomic E-state index is 0.226. The van der Waals surface area contributed by atoms with Crippen LogP contribution in [-0.4, -0.2) is 28.0 Å². The average Bonchev–Trinajstić information content (AvgIpc) is 3.40. The van der Waals surface area contributed by atoms with E-state index in [0.29, 0.717) is 5.92 Å². The molecule has 0 saturated carbocycles. The van der Waals surface area contributed by atoms with E-state index in [2.05, 4.69) is 32.4 Å². The first-order valence-electron chi connectivity index (χ1n) is 9.16. The van der Waals surface area contributed by atoms with Gasteiger partial charge in [0.15, 0.2) is 0 Å². The molecular weight excluding hydrogens is 359 g/mol. The largest absolute Gasteiger partial charge is 0.370 e. The van der Waals surface area contributed by atoms with E-state index in [1.54, 1.807) is 23.5 Å². The maximum absolute atomic E-state index is 13.3. The molecule has 0 aliphatic carbocycles. The van der Waals surface area contributed by atoms with Gasteiger partial charge in [0.1, 0.15) is 11.6 Å². The summed E-state index contributed by atoms with van der Waals surface area (Å²) in [7, 11) is 0. The van der Waals surface area contributed by atoms with Crippen molar-refractivity contribution in [2.45, 2.75) is 18.8 Å². The van der Waals surface area contributed by atoms with E-state index in [1.165, 1.54) is 22.5 Å². The number of aromatic nitrogens is 3. The van der Waals surface area contributed by atoms with Crippen molar-refractivity contribution in [1.82, 2.24) is 15.0 Å². The van der Waals surface area contributed by atoms with Crippen LogP contribution in [0.25, 0.3) is 21.5 Å². The van der Waals surface area contributed by atoms with Crippen LogP contribution in [0.1, 0.15) is 24.6 Å². The molecule has 1 saturated heterocycles. The highest BCUT2D eigenvalue weighted by molar-refractivity contribution is 7.17. The Morgan fingerprint density at radius 1 is 1.11 bits per heavy atom. The Balaban J connectivity index is 1.47. The molecule has 6 heteroatoms. The summed E-state index contributed by atoms with van der Waals surface area (Å²) >= 11 is 1.73. The third-order valence-corrected chi connectivity index (χ3v) is 6.20. The van der Waals surface area contributed by atoms with Gasteiger partial charge < -0.3 is 9.88 Å². The fourth-order valence-electron chi connectivity index (χ4n) is 3.84. The summed E-state index contributed by atoms with van der Waals surface area (Å²) in [6.07, 6.45) is 5.88. The number of imidazole rings is 1. The third kappa shape index (κ3) is 3.10. The molecule has 4 aromatic rings. The minimum Gasteiger partial charge on any atom is -0.370 e. The fourth-order valence-corrected chi connectivity index (χ4v) is 4.71. The Labute approximate surface area is 160 Å². The summed E-state index contributed by atoms with van der Waals surface area (Å²) in [6.45, 7) is 1.98. The number of hydrogen-bond acceptors (Lipinski definition) is 4. The zero-order chi connectivity index (χ0) is 18.2. The second-order valence-corrected chi connectivity index (χ2v) is 7.82. The number of aromatic amines is 1. The molecule has 4 nitrogen and oxygen atoms in total. The predicted molar refractivity (Wildman–Crippen MR) is 108 cm³/mol. The second-order valence-electron chi connectivity index (χ2n) is 6.90. The molecule has 3 aromatic heterocycles. The van der Waals surface area contributed by atoms with Gasteiger partial charge in [-0.15, -0.1) is 11.3 Å². The summed E-state index contributed by atoms with van der Waals surface area (Å²) < 4.78 is 14.5. The van der Waals surface area contributed by atoms with Gasteiger partial charge in [0.05, 0.1) is 21.6 Å². The van der Waals surface area contributed by atoms with E-state index in [1.807, 2.05) is 12.4 Å². The minimum atomic E-state index is -0.226. The molecule has 0 amide bonds. The van der Waals surface area contributed by atoms with Crippen molar-refractivity contribution in [1.29, 1.82) is 0 Å². The number of fused-ring (bicyclic) bond motifs is 1. The predicted octanol–water partition coefficient (Wildman–Crippen LogP) is 5.21. The molecule has 4 heterocycles. The molecule has 27 heavy (non-hydrogen) atoms. The second kappa shape index (κ2) is 6.78. The number of halogens is 1. The van der Waals surface area contributed by atoms with Gasteiger partial charge in [0, 0.05) is 37.0 Å². The van der Waals surface area contributed by atoms with Crippen LogP contribution in [0.5, 0.6) is 0 Å². The number of hydrogen-bond donors (Lipinski definition) is 1. The number of rotatable bonds is 3. The summed E-state index contributed by atoms with van der Waals surface area (Å²) in [6, 6.07) is 10.8. The number of nitrogens with zero attached hydrogens (tertiary/aromatic N) is 3. The molecule has 1 aliphatic heterocycles. The maximum atomic E-state index is 13.3. The lowest BCUT2D eigenvalue weighted by molar-refractivity contribution is 0.489. The summed E-state index contributed by atoms with van der Waals surface area (Å²) in [5.74, 6) is 1.36. The van der Waals surface area contributed by atoms with Crippen LogP contribution in [0, 0.1) is 5.82 Å². The quantitative estimate of drug-likeness (QED) is 0.532. The van der Waals surface area contributed by atoms with Gasteiger partial charge in [-0.3, -0.25) is 0 Å². The Kier molecular flexibility index (Phi) is 4.13. The maximum Gasteiger partial charge on any atom is 0.123 e. The van der Waals surface area contributed by atoms with Crippen LogP contribution >= 0.6 is 11.3 Å². The van der Waals surface area contributed by atoms with E-state index in [-0.39, 0.29) is 5.82 Å². The summed E-state index contributed by atoms with van der Waals surface area (Å²) in [5, 5.41) is 2.09. The van der Waals surface area contributed by atoms with Gasteiger partial charge in [-0.25, -0.2) is 14.4 Å². The van der Waals surface area contributed by atoms with Crippen molar-refractivity contribution in [3.63, 3.8) is 0 Å². The molecule has 1 aliphatic rings. The highest BCUT2D eigenvalue weighted by Gasteiger charge is 2.24. The smallest absolute Gasteiger partial charge is 0.123 e. The molecule has 1 N–H and O–H groups in total. The lowest BCUT2D eigenvalue weighted by Crippen LogP contribution is -2.33. The number of H-pyrrole nitrogens is 1. The Hall–Kier alpha value is -2.73. The molecule has 5 rings (SSSR count). The van der Waals surface area contributed by atoms with E-state index >= 15 is 0 Å². The van der Waals surface area contributed by atoms with Crippen molar-refractivity contribution in [3.05, 3.63) is 65.8 Å². The number of pyridine rings is 1.